The standard InChI is InChI=1S/C17H17NO3P/c1-11-12(2)21-22(19,20-11)17-13-7-3-5-9-15(13)18-16-10-6-4-8-14(16)17/h3-12,18H,1-2H3/q-1. The van der Waals surface area contributed by atoms with Crippen LogP contribution in [0.3, 0.4) is 0 Å². The second-order valence-corrected chi connectivity index (χ2v) is 7.55. The van der Waals surface area contributed by atoms with Gasteiger partial charge in [0.15, 0.2) is 0 Å². The van der Waals surface area contributed by atoms with Gasteiger partial charge < -0.3 is 10.2 Å². The van der Waals surface area contributed by atoms with Crippen molar-refractivity contribution >= 4 is 19.3 Å². The molecule has 0 radical (unpaired) electrons. The van der Waals surface area contributed by atoms with E-state index in [1.807, 2.05) is 62.4 Å². The van der Waals surface area contributed by atoms with Gasteiger partial charge >= 0.3 is 0 Å². The largest absolute Gasteiger partial charge is 0.633 e. The Morgan fingerprint density at radius 2 is 1.36 bits per heavy atom. The Kier molecular flexibility index (Phi) is 3.17. The van der Waals surface area contributed by atoms with Gasteiger partial charge in [-0.1, -0.05) is 47.5 Å². The Labute approximate surface area is 130 Å². The second kappa shape index (κ2) is 4.97. The lowest BCUT2D eigenvalue weighted by Gasteiger charge is -2.40. The van der Waals surface area contributed by atoms with Crippen LogP contribution < -0.4 is 10.2 Å². The highest BCUT2D eigenvalue weighted by Crippen LogP contribution is 2.73. The molecule has 0 saturated carbocycles. The van der Waals surface area contributed by atoms with Crippen molar-refractivity contribution in [2.24, 2.45) is 0 Å². The van der Waals surface area contributed by atoms with Gasteiger partial charge in [-0.05, 0) is 25.2 Å². The van der Waals surface area contributed by atoms with Crippen LogP contribution in [0.15, 0.2) is 48.5 Å². The second-order valence-electron chi connectivity index (χ2n) is 5.68. The van der Waals surface area contributed by atoms with Gasteiger partial charge in [-0.15, -0.1) is 12.1 Å². The van der Waals surface area contributed by atoms with E-state index >= 15 is 0 Å². The molecule has 2 heterocycles. The lowest BCUT2D eigenvalue weighted by Crippen LogP contribution is -2.24. The molecule has 0 amide bonds. The number of para-hydroxylation sites is 2. The SMILES string of the molecule is CC1O[P+]([O-])([C-]2c3ccccc3Nc3ccccc32)OC1C. The van der Waals surface area contributed by atoms with E-state index in [2.05, 4.69) is 5.32 Å². The summed E-state index contributed by atoms with van der Waals surface area (Å²) in [6.45, 7) is 3.79. The molecule has 0 aliphatic carbocycles. The monoisotopic (exact) mass is 314 g/mol. The van der Waals surface area contributed by atoms with Crippen LogP contribution in [0, 0.1) is 5.66 Å². The smallest absolute Gasteiger partial charge is 0.241 e. The van der Waals surface area contributed by atoms with Crippen molar-refractivity contribution in [1.29, 1.82) is 0 Å². The van der Waals surface area contributed by atoms with Gasteiger partial charge in [0, 0.05) is 0 Å². The summed E-state index contributed by atoms with van der Waals surface area (Å²) in [7, 11) is -3.35. The molecule has 2 atom stereocenters. The van der Waals surface area contributed by atoms with E-state index in [1.54, 1.807) is 0 Å². The number of benzene rings is 2. The van der Waals surface area contributed by atoms with Crippen molar-refractivity contribution in [1.82, 2.24) is 0 Å². The van der Waals surface area contributed by atoms with Crippen LogP contribution in [0.1, 0.15) is 25.0 Å². The summed E-state index contributed by atoms with van der Waals surface area (Å²) in [5.41, 5.74) is 4.27. The maximum absolute atomic E-state index is 13.4. The molecule has 0 bridgehead atoms. The Bertz CT molecular complexity index is 665. The summed E-state index contributed by atoms with van der Waals surface area (Å²) in [5.74, 6) is 0. The number of nitrogens with one attached hydrogen (secondary N) is 1. The molecular weight excluding hydrogens is 297 g/mol. The first-order chi connectivity index (χ1) is 10.6. The fraction of sp³-hybridized carbons (Fsp3) is 0.235. The molecule has 114 valence electrons. The predicted molar refractivity (Wildman–Crippen MR) is 85.6 cm³/mol. The summed E-state index contributed by atoms with van der Waals surface area (Å²) < 4.78 is 11.6. The first kappa shape index (κ1) is 14.0. The van der Waals surface area contributed by atoms with Gasteiger partial charge in [0.25, 0.3) is 0 Å². The van der Waals surface area contributed by atoms with Crippen LogP contribution in [-0.4, -0.2) is 12.2 Å². The quantitative estimate of drug-likeness (QED) is 0.645. The third kappa shape index (κ3) is 2.03. The summed E-state index contributed by atoms with van der Waals surface area (Å²) >= 11 is 0. The molecule has 1 N–H and O–H groups in total. The van der Waals surface area contributed by atoms with Crippen molar-refractivity contribution in [3.63, 3.8) is 0 Å². The van der Waals surface area contributed by atoms with Crippen LogP contribution in [0.25, 0.3) is 0 Å². The Balaban J connectivity index is 1.88. The fourth-order valence-electron chi connectivity index (χ4n) is 2.92. The molecule has 5 heteroatoms. The first-order valence-electron chi connectivity index (χ1n) is 7.39. The van der Waals surface area contributed by atoms with Crippen molar-refractivity contribution < 1.29 is 13.9 Å². The van der Waals surface area contributed by atoms with Crippen molar-refractivity contribution in [3.05, 3.63) is 65.3 Å². The number of hydrogen-bond acceptors (Lipinski definition) is 4. The highest BCUT2D eigenvalue weighted by atomic mass is 31.2. The van der Waals surface area contributed by atoms with E-state index < -0.39 is 7.94 Å². The molecular formula is C17H17NO3P-. The molecule has 1 fully saturated rings. The molecule has 4 rings (SSSR count). The summed E-state index contributed by atoms with van der Waals surface area (Å²) in [6.07, 6.45) is -0.375. The van der Waals surface area contributed by atoms with Gasteiger partial charge in [0.2, 0.25) is 7.94 Å². The maximum Gasteiger partial charge on any atom is 0.241 e. The van der Waals surface area contributed by atoms with Crippen molar-refractivity contribution in [2.45, 2.75) is 26.1 Å². The molecule has 2 aliphatic rings. The molecule has 2 unspecified atom stereocenters. The summed E-state index contributed by atoms with van der Waals surface area (Å²) in [5, 5.41) is 3.38. The van der Waals surface area contributed by atoms with Crippen LogP contribution >= 0.6 is 7.94 Å². The van der Waals surface area contributed by atoms with Gasteiger partial charge in [-0.25, -0.2) is 9.05 Å². The highest BCUT2D eigenvalue weighted by molar-refractivity contribution is 7.63. The number of fused-ring (bicyclic) bond motifs is 2. The van der Waals surface area contributed by atoms with E-state index in [4.69, 9.17) is 9.05 Å². The number of rotatable bonds is 1. The summed E-state index contributed by atoms with van der Waals surface area (Å²) in [4.78, 5) is 13.4. The third-order valence-corrected chi connectivity index (χ3v) is 6.43. The molecule has 2 aliphatic heterocycles. The zero-order chi connectivity index (χ0) is 15.3. The summed E-state index contributed by atoms with van der Waals surface area (Å²) in [6, 6.07) is 15.6. The van der Waals surface area contributed by atoms with E-state index in [0.29, 0.717) is 5.66 Å². The van der Waals surface area contributed by atoms with Crippen LogP contribution in [-0.2, 0) is 9.05 Å². The molecule has 4 nitrogen and oxygen atoms in total. The van der Waals surface area contributed by atoms with Gasteiger partial charge in [0.1, 0.15) is 12.2 Å². The third-order valence-electron chi connectivity index (χ3n) is 4.18. The molecule has 2 aromatic rings. The van der Waals surface area contributed by atoms with Gasteiger partial charge in [0.05, 0.1) is 5.66 Å². The Morgan fingerprint density at radius 1 is 0.909 bits per heavy atom. The molecule has 0 spiro atoms. The zero-order valence-electron chi connectivity index (χ0n) is 12.4. The minimum atomic E-state index is -3.35. The lowest BCUT2D eigenvalue weighted by molar-refractivity contribution is -0.207. The number of anilines is 2. The topological polar surface area (TPSA) is 53.5 Å². The van der Waals surface area contributed by atoms with Crippen LogP contribution in [0.2, 0.25) is 0 Å². The van der Waals surface area contributed by atoms with Crippen molar-refractivity contribution in [3.8, 4) is 0 Å². The van der Waals surface area contributed by atoms with E-state index in [-0.39, 0.29) is 12.2 Å². The molecule has 1 saturated heterocycles. The minimum Gasteiger partial charge on any atom is -0.633 e. The Hall–Kier alpha value is -1.58. The predicted octanol–water partition coefficient (Wildman–Crippen LogP) is 3.62. The van der Waals surface area contributed by atoms with E-state index in [0.717, 1.165) is 22.5 Å². The first-order valence-corrected chi connectivity index (χ1v) is 8.93. The van der Waals surface area contributed by atoms with Gasteiger partial charge in [-0.2, -0.15) is 0 Å². The molecule has 0 aromatic heterocycles. The maximum atomic E-state index is 13.4. The number of hydrogen-bond donors (Lipinski definition) is 1. The van der Waals surface area contributed by atoms with Crippen LogP contribution in [0.5, 0.6) is 0 Å². The average Bonchev–Trinajstić information content (AvgIpc) is 2.78. The van der Waals surface area contributed by atoms with Crippen molar-refractivity contribution in [2.75, 3.05) is 5.32 Å². The van der Waals surface area contributed by atoms with Crippen LogP contribution in [0.4, 0.5) is 11.4 Å². The highest BCUT2D eigenvalue weighted by Gasteiger charge is 2.51. The zero-order valence-corrected chi connectivity index (χ0v) is 13.3. The lowest BCUT2D eigenvalue weighted by atomic mass is 9.97. The Morgan fingerprint density at radius 3 is 1.86 bits per heavy atom. The van der Waals surface area contributed by atoms with E-state index in [1.165, 1.54) is 0 Å². The fourth-order valence-corrected chi connectivity index (χ4v) is 5.38. The average molecular weight is 314 g/mol. The minimum absolute atomic E-state index is 0.187. The normalized spacial score (nSPS) is 29.7. The van der Waals surface area contributed by atoms with E-state index in [9.17, 15) is 4.89 Å². The molecule has 2 aromatic carbocycles. The molecule has 22 heavy (non-hydrogen) atoms. The van der Waals surface area contributed by atoms with Gasteiger partial charge in [-0.3, -0.25) is 0 Å².